The van der Waals surface area contributed by atoms with Crippen LogP contribution in [0.25, 0.3) is 5.57 Å². The van der Waals surface area contributed by atoms with Crippen molar-refractivity contribution >= 4 is 17.4 Å². The number of morpholine rings is 1. The number of hydrogen-bond acceptors (Lipinski definition) is 6. The van der Waals surface area contributed by atoms with Gasteiger partial charge in [-0.2, -0.15) is 0 Å². The molecule has 0 radical (unpaired) electrons. The highest BCUT2D eigenvalue weighted by Crippen LogP contribution is 2.49. The average molecular weight is 491 g/mol. The first-order valence-electron chi connectivity index (χ1n) is 12.7. The largest absolute Gasteiger partial charge is 0.396 e. The van der Waals surface area contributed by atoms with E-state index in [0.717, 1.165) is 24.8 Å². The number of ether oxygens (including phenoxy) is 1. The fourth-order valence-corrected chi connectivity index (χ4v) is 6.46. The lowest BCUT2D eigenvalue weighted by atomic mass is 9.86. The number of allylic oxidation sites excluding steroid dienone is 2. The highest BCUT2D eigenvalue weighted by molar-refractivity contribution is 5.95. The van der Waals surface area contributed by atoms with E-state index >= 15 is 0 Å². The first-order chi connectivity index (χ1) is 17.6. The highest BCUT2D eigenvalue weighted by atomic mass is 16.5. The van der Waals surface area contributed by atoms with E-state index in [1.165, 1.54) is 6.20 Å². The topological polar surface area (TPSA) is 105 Å². The second kappa shape index (κ2) is 9.29. The third kappa shape index (κ3) is 3.60. The molecule has 1 N–H and O–H groups in total. The molecule has 4 atom stereocenters. The van der Waals surface area contributed by atoms with Crippen LogP contribution in [0.15, 0.2) is 47.5 Å². The zero-order valence-electron chi connectivity index (χ0n) is 20.1. The van der Waals surface area contributed by atoms with Crippen LogP contribution in [0.1, 0.15) is 46.9 Å². The lowest BCUT2D eigenvalue weighted by molar-refractivity contribution is -0.142. The molecule has 3 aliphatic heterocycles. The van der Waals surface area contributed by atoms with Gasteiger partial charge in [0, 0.05) is 55.8 Å². The third-order valence-electron chi connectivity index (χ3n) is 8.18. The molecular weight excluding hydrogens is 460 g/mol. The molecule has 5 heterocycles. The van der Waals surface area contributed by atoms with Crippen molar-refractivity contribution in [3.63, 3.8) is 0 Å². The molecule has 36 heavy (non-hydrogen) atoms. The van der Waals surface area contributed by atoms with Crippen LogP contribution in [0, 0.1) is 11.8 Å². The van der Waals surface area contributed by atoms with Crippen molar-refractivity contribution in [3.05, 3.63) is 69.9 Å². The summed E-state index contributed by atoms with van der Waals surface area (Å²) < 4.78 is 7.18. The van der Waals surface area contributed by atoms with Gasteiger partial charge < -0.3 is 24.2 Å². The van der Waals surface area contributed by atoms with Gasteiger partial charge in [-0.1, -0.05) is 6.08 Å². The number of hydrogen-bond donors (Lipinski definition) is 1. The van der Waals surface area contributed by atoms with Crippen LogP contribution >= 0.6 is 0 Å². The summed E-state index contributed by atoms with van der Waals surface area (Å²) in [5, 5.41) is 10.5. The van der Waals surface area contributed by atoms with Gasteiger partial charge in [-0.25, -0.2) is 0 Å². The molecule has 4 aliphatic rings. The number of carbonyl (C=O) groups is 2. The van der Waals surface area contributed by atoms with Crippen molar-refractivity contribution in [3.8, 4) is 0 Å². The molecular formula is C27H30N4O5. The Balaban J connectivity index is 1.48. The van der Waals surface area contributed by atoms with Crippen molar-refractivity contribution < 1.29 is 19.4 Å². The molecule has 0 spiro atoms. The number of carbonyl (C=O) groups excluding carboxylic acids is 2. The summed E-state index contributed by atoms with van der Waals surface area (Å²) >= 11 is 0. The lowest BCUT2D eigenvalue weighted by Gasteiger charge is -2.39. The van der Waals surface area contributed by atoms with Crippen LogP contribution < -0.4 is 5.56 Å². The van der Waals surface area contributed by atoms with Crippen molar-refractivity contribution in [2.75, 3.05) is 32.9 Å². The predicted octanol–water partition coefficient (Wildman–Crippen LogP) is 1.47. The standard InChI is InChI=1S/C27H30N4O5/c32-16-20-22-15-30-21(8-7-19(26(30)34)17-4-1-2-5-17)24(23(20)27(35)29-10-12-36-13-11-29)31(22)25(33)18-6-3-9-28-14-18/h3-4,6-9,14,20,22-24,32H,1-2,5,10-13,15-16H2/t20-,22-,23+,24+/m0/s1. The molecule has 0 saturated carbocycles. The van der Waals surface area contributed by atoms with Gasteiger partial charge >= 0.3 is 0 Å². The minimum absolute atomic E-state index is 0.0831. The van der Waals surface area contributed by atoms with Crippen LogP contribution in [-0.4, -0.2) is 75.2 Å². The van der Waals surface area contributed by atoms with Gasteiger partial charge in [-0.15, -0.1) is 0 Å². The fourth-order valence-electron chi connectivity index (χ4n) is 6.46. The van der Waals surface area contributed by atoms with E-state index in [1.807, 2.05) is 12.1 Å². The van der Waals surface area contributed by atoms with E-state index in [1.54, 1.807) is 32.7 Å². The Bertz CT molecular complexity index is 1270. The lowest BCUT2D eigenvalue weighted by Crippen LogP contribution is -2.49. The van der Waals surface area contributed by atoms with E-state index in [2.05, 4.69) is 11.1 Å². The number of aliphatic hydroxyl groups is 1. The van der Waals surface area contributed by atoms with E-state index in [-0.39, 0.29) is 30.5 Å². The van der Waals surface area contributed by atoms with Gasteiger partial charge in [-0.05, 0) is 49.1 Å². The summed E-state index contributed by atoms with van der Waals surface area (Å²) in [5.74, 6) is -1.48. The zero-order chi connectivity index (χ0) is 24.8. The number of aromatic nitrogens is 2. The van der Waals surface area contributed by atoms with Crippen LogP contribution in [0.2, 0.25) is 0 Å². The second-order valence-electron chi connectivity index (χ2n) is 9.99. The SMILES string of the molecule is O=C([C@@H]1[C@@H](CO)[C@@H]2Cn3c(ccc(C4=CCCC4)c3=O)[C@H]1N2C(=O)c1cccnc1)N1CCOCC1. The monoisotopic (exact) mass is 490 g/mol. The number of rotatable bonds is 4. The quantitative estimate of drug-likeness (QED) is 0.696. The Labute approximate surface area is 209 Å². The average Bonchev–Trinajstić information content (AvgIpc) is 3.53. The molecule has 6 rings (SSSR count). The Kier molecular flexibility index (Phi) is 5.97. The normalized spacial score (nSPS) is 27.1. The molecule has 188 valence electrons. The molecule has 2 saturated heterocycles. The molecule has 9 nitrogen and oxygen atoms in total. The van der Waals surface area contributed by atoms with E-state index in [4.69, 9.17) is 4.74 Å². The highest BCUT2D eigenvalue weighted by Gasteiger charge is 2.58. The van der Waals surface area contributed by atoms with Crippen molar-refractivity contribution in [2.24, 2.45) is 11.8 Å². The molecule has 2 aromatic rings. The van der Waals surface area contributed by atoms with E-state index in [9.17, 15) is 19.5 Å². The summed E-state index contributed by atoms with van der Waals surface area (Å²) in [4.78, 5) is 49.0. The summed E-state index contributed by atoms with van der Waals surface area (Å²) in [6, 6.07) is 6.03. The Hall–Kier alpha value is -3.30. The van der Waals surface area contributed by atoms with Gasteiger partial charge in [0.2, 0.25) is 5.91 Å². The third-order valence-corrected chi connectivity index (χ3v) is 8.18. The van der Waals surface area contributed by atoms with Crippen molar-refractivity contribution in [2.45, 2.75) is 37.9 Å². The maximum Gasteiger partial charge on any atom is 0.258 e. The minimum atomic E-state index is -0.650. The first kappa shape index (κ1) is 23.1. The van der Waals surface area contributed by atoms with Crippen molar-refractivity contribution in [1.82, 2.24) is 19.4 Å². The molecule has 0 aromatic carbocycles. The predicted molar refractivity (Wildman–Crippen MR) is 131 cm³/mol. The number of nitrogens with zero attached hydrogens (tertiary/aromatic N) is 4. The number of aliphatic hydroxyl groups excluding tert-OH is 1. The zero-order valence-corrected chi connectivity index (χ0v) is 20.1. The Morgan fingerprint density at radius 2 is 2.00 bits per heavy atom. The van der Waals surface area contributed by atoms with Crippen LogP contribution in [0.5, 0.6) is 0 Å². The molecule has 9 heteroatoms. The molecule has 2 bridgehead atoms. The number of fused-ring (bicyclic) bond motifs is 4. The summed E-state index contributed by atoms with van der Waals surface area (Å²) in [7, 11) is 0. The second-order valence-corrected chi connectivity index (χ2v) is 9.99. The van der Waals surface area contributed by atoms with Crippen LogP contribution in [0.4, 0.5) is 0 Å². The molecule has 2 amide bonds. The summed E-state index contributed by atoms with van der Waals surface area (Å²) in [6.45, 7) is 1.87. The van der Waals surface area contributed by atoms with E-state index < -0.39 is 23.9 Å². The fraction of sp³-hybridized carbons (Fsp3) is 0.481. The van der Waals surface area contributed by atoms with Crippen LogP contribution in [0.3, 0.4) is 0 Å². The maximum absolute atomic E-state index is 13.9. The maximum atomic E-state index is 13.9. The van der Waals surface area contributed by atoms with Crippen LogP contribution in [-0.2, 0) is 16.1 Å². The molecule has 2 fully saturated rings. The number of pyridine rings is 2. The first-order valence-corrected chi connectivity index (χ1v) is 12.7. The summed E-state index contributed by atoms with van der Waals surface area (Å²) in [5.41, 5.74) is 2.75. The number of amides is 2. The Morgan fingerprint density at radius 3 is 2.69 bits per heavy atom. The summed E-state index contributed by atoms with van der Waals surface area (Å²) in [6.07, 6.45) is 8.14. The van der Waals surface area contributed by atoms with Gasteiger partial charge in [0.1, 0.15) is 0 Å². The van der Waals surface area contributed by atoms with Gasteiger partial charge in [-0.3, -0.25) is 19.4 Å². The van der Waals surface area contributed by atoms with E-state index in [0.29, 0.717) is 43.1 Å². The van der Waals surface area contributed by atoms with Crippen molar-refractivity contribution in [1.29, 1.82) is 0 Å². The van der Waals surface area contributed by atoms with Gasteiger partial charge in [0.05, 0.1) is 36.8 Å². The minimum Gasteiger partial charge on any atom is -0.396 e. The molecule has 2 aromatic heterocycles. The van der Waals surface area contributed by atoms with Gasteiger partial charge in [0.25, 0.3) is 11.5 Å². The molecule has 0 unspecified atom stereocenters. The molecule has 1 aliphatic carbocycles. The van der Waals surface area contributed by atoms with Gasteiger partial charge in [0.15, 0.2) is 0 Å². The Morgan fingerprint density at radius 1 is 1.17 bits per heavy atom. The smallest absolute Gasteiger partial charge is 0.258 e.